The maximum Gasteiger partial charge on any atom is 0.339 e. The lowest BCUT2D eigenvalue weighted by atomic mass is 9.83. The largest absolute Gasteiger partial charge is 0.465 e. The van der Waals surface area contributed by atoms with Gasteiger partial charge in [0.25, 0.3) is 0 Å². The molecule has 0 saturated carbocycles. The first-order valence-electron chi connectivity index (χ1n) is 8.74. The summed E-state index contributed by atoms with van der Waals surface area (Å²) in [5.41, 5.74) is 5.68. The van der Waals surface area contributed by atoms with Gasteiger partial charge >= 0.3 is 11.9 Å². The molecule has 1 aliphatic heterocycles. The number of carbonyl (C=O) groups is 2. The molecule has 0 fully saturated rings. The summed E-state index contributed by atoms with van der Waals surface area (Å²) in [6.07, 6.45) is 9.06. The first-order valence-corrected chi connectivity index (χ1v) is 8.74. The van der Waals surface area contributed by atoms with Crippen LogP contribution in [0.25, 0.3) is 0 Å². The topological polar surface area (TPSA) is 72.8 Å². The number of methoxy groups -OCH3 is 1. The van der Waals surface area contributed by atoms with Crippen molar-refractivity contribution in [1.29, 1.82) is 0 Å². The summed E-state index contributed by atoms with van der Waals surface area (Å²) in [7, 11) is 1.29. The van der Waals surface area contributed by atoms with E-state index >= 15 is 0 Å². The Hall–Kier alpha value is -2.66. The number of carbonyl (C=O) groups excluding carboxylic acids is 2. The zero-order chi connectivity index (χ0) is 18.4. The Kier molecular flexibility index (Phi) is 4.04. The standard InChI is InChI=1S/C21H20O5/c1-11-8-12-4-3-5-16(22)14-6-7-15(20(23)25-2)19-18(17(12)14)13(9-11)10-26-21(19)24/h6-9,16,22H,3-5,10H2,1-2H3/t16-/m0/s1. The minimum atomic E-state index is -0.643. The molecular weight excluding hydrogens is 332 g/mol. The molecule has 4 rings (SSSR count). The van der Waals surface area contributed by atoms with Crippen LogP contribution in [0.5, 0.6) is 0 Å². The van der Waals surface area contributed by atoms with E-state index in [0.717, 1.165) is 40.7 Å². The van der Waals surface area contributed by atoms with Crippen molar-refractivity contribution in [1.82, 2.24) is 0 Å². The van der Waals surface area contributed by atoms with E-state index in [2.05, 4.69) is 6.08 Å². The van der Waals surface area contributed by atoms with E-state index in [1.165, 1.54) is 7.11 Å². The maximum absolute atomic E-state index is 12.6. The molecule has 134 valence electrons. The molecular formula is C21H20O5. The molecule has 0 bridgehead atoms. The van der Waals surface area contributed by atoms with Crippen molar-refractivity contribution in [3.05, 3.63) is 68.9 Å². The van der Waals surface area contributed by atoms with Crippen molar-refractivity contribution >= 4 is 11.9 Å². The highest BCUT2D eigenvalue weighted by Gasteiger charge is 2.38. The van der Waals surface area contributed by atoms with Gasteiger partial charge < -0.3 is 14.6 Å². The van der Waals surface area contributed by atoms with Crippen LogP contribution in [0.1, 0.15) is 26.2 Å². The number of esters is 2. The van der Waals surface area contributed by atoms with Crippen LogP contribution in [-0.4, -0.2) is 36.9 Å². The van der Waals surface area contributed by atoms with Gasteiger partial charge in [0.1, 0.15) is 6.61 Å². The summed E-state index contributed by atoms with van der Waals surface area (Å²) in [5, 5.41) is 10.7. The summed E-state index contributed by atoms with van der Waals surface area (Å²) in [6, 6.07) is 0. The first kappa shape index (κ1) is 16.8. The summed E-state index contributed by atoms with van der Waals surface area (Å²) < 4.78 is 10.2. The molecule has 0 aromatic heterocycles. The average Bonchev–Trinajstić information content (AvgIpc) is 2.94. The van der Waals surface area contributed by atoms with E-state index in [9.17, 15) is 14.7 Å². The molecule has 0 saturated heterocycles. The molecule has 0 spiro atoms. The Labute approximate surface area is 151 Å². The number of hydrogen-bond acceptors (Lipinski definition) is 5. The summed E-state index contributed by atoms with van der Waals surface area (Å²) in [4.78, 5) is 25.0. The predicted octanol–water partition coefficient (Wildman–Crippen LogP) is 2.61. The number of ether oxygens (including phenoxy) is 2. The monoisotopic (exact) mass is 352 g/mol. The average molecular weight is 352 g/mol. The fourth-order valence-corrected chi connectivity index (χ4v) is 4.08. The van der Waals surface area contributed by atoms with Gasteiger partial charge in [0, 0.05) is 5.57 Å². The highest BCUT2D eigenvalue weighted by atomic mass is 16.5. The van der Waals surface area contributed by atoms with Crippen LogP contribution in [0.2, 0.25) is 0 Å². The van der Waals surface area contributed by atoms with E-state index in [1.807, 2.05) is 13.0 Å². The quantitative estimate of drug-likeness (QED) is 0.735. The Morgan fingerprint density at radius 3 is 2.81 bits per heavy atom. The zero-order valence-electron chi connectivity index (χ0n) is 14.8. The van der Waals surface area contributed by atoms with E-state index in [4.69, 9.17) is 9.47 Å². The lowest BCUT2D eigenvalue weighted by molar-refractivity contribution is -0.141. The number of aliphatic hydroxyl groups excluding tert-OH is 1. The Morgan fingerprint density at radius 2 is 2.04 bits per heavy atom. The van der Waals surface area contributed by atoms with Gasteiger partial charge in [-0.25, -0.2) is 9.59 Å². The molecule has 4 aliphatic rings. The van der Waals surface area contributed by atoms with Gasteiger partial charge in [-0.1, -0.05) is 23.8 Å². The van der Waals surface area contributed by atoms with E-state index in [-0.39, 0.29) is 17.8 Å². The third kappa shape index (κ3) is 2.51. The van der Waals surface area contributed by atoms with Gasteiger partial charge in [-0.05, 0) is 54.6 Å². The van der Waals surface area contributed by atoms with E-state index in [0.29, 0.717) is 12.0 Å². The maximum atomic E-state index is 12.6. The Balaban J connectivity index is 2.11. The highest BCUT2D eigenvalue weighted by molar-refractivity contribution is 6.10. The molecule has 26 heavy (non-hydrogen) atoms. The molecule has 0 radical (unpaired) electrons. The lowest BCUT2D eigenvalue weighted by Crippen LogP contribution is -2.25. The van der Waals surface area contributed by atoms with Gasteiger partial charge in [0.2, 0.25) is 0 Å². The lowest BCUT2D eigenvalue weighted by Gasteiger charge is -2.26. The van der Waals surface area contributed by atoms with Gasteiger partial charge in [-0.3, -0.25) is 0 Å². The summed E-state index contributed by atoms with van der Waals surface area (Å²) >= 11 is 0. The number of rotatable bonds is 1. The number of aliphatic hydroxyl groups is 1. The van der Waals surface area contributed by atoms with Gasteiger partial charge in [0.05, 0.1) is 24.4 Å². The number of allylic oxidation sites excluding steroid dienone is 6. The van der Waals surface area contributed by atoms with Crippen LogP contribution in [0.4, 0.5) is 0 Å². The Bertz CT molecular complexity index is 905. The molecule has 5 heteroatoms. The molecule has 1 atom stereocenters. The number of cyclic esters (lactones) is 1. The fraction of sp³-hybridized carbons (Fsp3) is 0.333. The van der Waals surface area contributed by atoms with Crippen LogP contribution >= 0.6 is 0 Å². The highest BCUT2D eigenvalue weighted by Crippen LogP contribution is 2.45. The molecule has 1 N–H and O–H groups in total. The van der Waals surface area contributed by atoms with Gasteiger partial charge in [0.15, 0.2) is 0 Å². The zero-order valence-corrected chi connectivity index (χ0v) is 14.8. The first-order chi connectivity index (χ1) is 12.5. The van der Waals surface area contributed by atoms with Crippen LogP contribution in [0.3, 0.4) is 0 Å². The summed E-state index contributed by atoms with van der Waals surface area (Å²) in [6.45, 7) is 2.15. The smallest absolute Gasteiger partial charge is 0.339 e. The molecule has 0 aromatic carbocycles. The van der Waals surface area contributed by atoms with E-state index in [1.54, 1.807) is 12.2 Å². The molecule has 0 amide bonds. The normalized spacial score (nSPS) is 24.9. The molecule has 3 aliphatic carbocycles. The molecule has 0 aromatic rings. The minimum absolute atomic E-state index is 0.150. The van der Waals surface area contributed by atoms with Gasteiger partial charge in [-0.15, -0.1) is 0 Å². The third-order valence-electron chi connectivity index (χ3n) is 5.18. The second kappa shape index (κ2) is 6.25. The number of hydrogen-bond donors (Lipinski definition) is 1. The van der Waals surface area contributed by atoms with Crippen molar-refractivity contribution in [3.63, 3.8) is 0 Å². The van der Waals surface area contributed by atoms with Crippen molar-refractivity contribution in [3.8, 4) is 0 Å². The molecule has 1 heterocycles. The van der Waals surface area contributed by atoms with Crippen molar-refractivity contribution in [2.24, 2.45) is 0 Å². The summed E-state index contributed by atoms with van der Waals surface area (Å²) in [5.74, 6) is -1.13. The van der Waals surface area contributed by atoms with Crippen molar-refractivity contribution < 1.29 is 24.2 Å². The Morgan fingerprint density at radius 1 is 1.23 bits per heavy atom. The SMILES string of the molecule is COC(=O)C1=CC=C2C3=C(C=C(C)C=C4COC(=O)C1=C43)CCC[C@@H]2O. The van der Waals surface area contributed by atoms with Crippen molar-refractivity contribution in [2.45, 2.75) is 32.3 Å². The predicted molar refractivity (Wildman–Crippen MR) is 94.9 cm³/mol. The van der Waals surface area contributed by atoms with Gasteiger partial charge in [-0.2, -0.15) is 0 Å². The van der Waals surface area contributed by atoms with Crippen LogP contribution < -0.4 is 0 Å². The third-order valence-corrected chi connectivity index (χ3v) is 5.18. The second-order valence-electron chi connectivity index (χ2n) is 6.89. The van der Waals surface area contributed by atoms with Crippen LogP contribution in [-0.2, 0) is 19.1 Å². The van der Waals surface area contributed by atoms with E-state index < -0.39 is 18.0 Å². The van der Waals surface area contributed by atoms with Crippen molar-refractivity contribution in [2.75, 3.05) is 13.7 Å². The second-order valence-corrected chi connectivity index (χ2v) is 6.89. The van der Waals surface area contributed by atoms with Crippen LogP contribution in [0, 0.1) is 0 Å². The minimum Gasteiger partial charge on any atom is -0.465 e. The molecule has 0 unspecified atom stereocenters. The molecule has 5 nitrogen and oxygen atoms in total. The van der Waals surface area contributed by atoms with Crippen LogP contribution in [0.15, 0.2) is 68.9 Å². The fourth-order valence-electron chi connectivity index (χ4n) is 4.08.